The molecule has 2 bridgehead atoms. The topological polar surface area (TPSA) is 145 Å². The molecule has 2 aliphatic heterocycles. The van der Waals surface area contributed by atoms with E-state index in [4.69, 9.17) is 27.9 Å². The molecule has 4 aromatic rings. The second-order valence-corrected chi connectivity index (χ2v) is 13.9. The van der Waals surface area contributed by atoms with Crippen molar-refractivity contribution in [2.75, 3.05) is 24.5 Å². The third kappa shape index (κ3) is 7.62. The normalized spacial score (nSPS) is 18.9. The van der Waals surface area contributed by atoms with E-state index in [9.17, 15) is 19.2 Å². The fourth-order valence-corrected chi connectivity index (χ4v) is 6.44. The Morgan fingerprint density at radius 3 is 2.55 bits per heavy atom. The van der Waals surface area contributed by atoms with Crippen LogP contribution in [0.2, 0.25) is 10.2 Å². The first-order valence-corrected chi connectivity index (χ1v) is 16.8. The van der Waals surface area contributed by atoms with Gasteiger partial charge in [0.2, 0.25) is 11.8 Å². The van der Waals surface area contributed by atoms with Crippen LogP contribution in [0, 0.1) is 0 Å². The Balaban J connectivity index is 1.36. The number of halogens is 2. The van der Waals surface area contributed by atoms with E-state index in [0.29, 0.717) is 47.0 Å². The van der Waals surface area contributed by atoms with Crippen molar-refractivity contribution in [3.63, 3.8) is 0 Å². The lowest BCUT2D eigenvalue weighted by Gasteiger charge is -2.40. The molecule has 2 aromatic carbocycles. The predicted molar refractivity (Wildman–Crippen MR) is 184 cm³/mol. The van der Waals surface area contributed by atoms with Crippen molar-refractivity contribution in [3.8, 4) is 16.9 Å². The number of carbonyl (C=O) groups excluding carboxylic acids is 3. The van der Waals surface area contributed by atoms with E-state index in [1.54, 1.807) is 61.9 Å². The number of rotatable bonds is 3. The van der Waals surface area contributed by atoms with Crippen molar-refractivity contribution >= 4 is 46.8 Å². The standard InChI is InChI=1S/C34H36Cl2N8O5/c1-34(2,3)49-33(48)41-17-28-32(47)37-13-6-4-5-10-26(21-8-7-9-23(14-21)44(28)31(46)19-41)42-20-38-25(16-30(42)45)24-15-22(35)11-12-27(24)43-18-29(36)39-40-43/h7-9,11-12,14-16,18,20,26,28H,4-6,10,13,17,19H2,1-3H3,(H,37,47)/t26?,28-/m1/s1. The summed E-state index contributed by atoms with van der Waals surface area (Å²) in [5, 5.41) is 11.5. The van der Waals surface area contributed by atoms with Gasteiger partial charge in [0.1, 0.15) is 18.2 Å². The van der Waals surface area contributed by atoms with Gasteiger partial charge < -0.3 is 10.1 Å². The van der Waals surface area contributed by atoms with Crippen molar-refractivity contribution in [2.45, 2.75) is 64.1 Å². The summed E-state index contributed by atoms with van der Waals surface area (Å²) in [4.78, 5) is 61.4. The van der Waals surface area contributed by atoms with E-state index in [1.807, 2.05) is 12.1 Å². The first-order chi connectivity index (χ1) is 23.4. The molecule has 1 fully saturated rings. The van der Waals surface area contributed by atoms with Crippen molar-refractivity contribution < 1.29 is 19.1 Å². The van der Waals surface area contributed by atoms with Gasteiger partial charge in [-0.05, 0) is 69.5 Å². The molecule has 0 saturated carbocycles. The molecule has 1 unspecified atom stereocenters. The molecule has 1 saturated heterocycles. The average Bonchev–Trinajstić information content (AvgIpc) is 3.49. The minimum absolute atomic E-state index is 0.0305. The van der Waals surface area contributed by atoms with Gasteiger partial charge in [-0.2, -0.15) is 0 Å². The summed E-state index contributed by atoms with van der Waals surface area (Å²) in [6.07, 6.45) is 5.28. The number of fused-ring (bicyclic) bond motifs is 4. The Kier molecular flexibility index (Phi) is 9.75. The van der Waals surface area contributed by atoms with Crippen molar-refractivity contribution in [3.05, 3.63) is 87.1 Å². The quantitative estimate of drug-likeness (QED) is 0.312. The monoisotopic (exact) mass is 706 g/mol. The molecule has 0 radical (unpaired) electrons. The molecule has 0 aliphatic carbocycles. The molecule has 3 amide bonds. The third-order valence-electron chi connectivity index (χ3n) is 8.36. The van der Waals surface area contributed by atoms with Crippen LogP contribution in [0.15, 0.2) is 65.8 Å². The van der Waals surface area contributed by atoms with E-state index in [1.165, 1.54) is 26.9 Å². The molecule has 15 heteroatoms. The number of nitrogens with zero attached hydrogens (tertiary/aromatic N) is 7. The SMILES string of the molecule is CC(C)(C)OC(=O)N1CC(=O)N2c3cccc(c3)C(n3cnc(-c4cc(Cl)ccc4-n4cc(Cl)nn4)cc3=O)CCCCCNC(=O)[C@H]2C1. The molecule has 2 aliphatic rings. The maximum Gasteiger partial charge on any atom is 0.410 e. The van der Waals surface area contributed by atoms with Gasteiger partial charge in [0, 0.05) is 28.9 Å². The lowest BCUT2D eigenvalue weighted by Crippen LogP contribution is -2.63. The second-order valence-electron chi connectivity index (χ2n) is 13.1. The minimum Gasteiger partial charge on any atom is -0.444 e. The van der Waals surface area contributed by atoms with Crippen LogP contribution >= 0.6 is 23.2 Å². The summed E-state index contributed by atoms with van der Waals surface area (Å²) < 4.78 is 8.59. The molecule has 4 heterocycles. The molecule has 49 heavy (non-hydrogen) atoms. The Morgan fingerprint density at radius 2 is 1.82 bits per heavy atom. The maximum atomic E-state index is 13.9. The zero-order chi connectivity index (χ0) is 34.9. The summed E-state index contributed by atoms with van der Waals surface area (Å²) in [5.74, 6) is -0.776. The zero-order valence-corrected chi connectivity index (χ0v) is 28.8. The van der Waals surface area contributed by atoms with Crippen molar-refractivity contribution in [1.29, 1.82) is 0 Å². The summed E-state index contributed by atoms with van der Waals surface area (Å²) in [5.41, 5.74) is 1.77. The van der Waals surface area contributed by atoms with Crippen molar-refractivity contribution in [2.24, 2.45) is 0 Å². The first-order valence-electron chi connectivity index (χ1n) is 16.0. The number of amides is 3. The van der Waals surface area contributed by atoms with Gasteiger partial charge in [0.25, 0.3) is 5.56 Å². The number of anilines is 1. The summed E-state index contributed by atoms with van der Waals surface area (Å²) in [6, 6.07) is 12.5. The minimum atomic E-state index is -0.973. The zero-order valence-electron chi connectivity index (χ0n) is 27.3. The molecular formula is C34H36Cl2N8O5. The highest BCUT2D eigenvalue weighted by atomic mass is 35.5. The number of hydrogen-bond acceptors (Lipinski definition) is 8. The molecule has 2 atom stereocenters. The Bertz CT molecular complexity index is 1950. The van der Waals surface area contributed by atoms with Crippen LogP contribution in [0.5, 0.6) is 0 Å². The van der Waals surface area contributed by atoms with Crippen molar-refractivity contribution in [1.82, 2.24) is 34.8 Å². The fraction of sp³-hybridized carbons (Fsp3) is 0.382. The highest BCUT2D eigenvalue weighted by Crippen LogP contribution is 2.32. The first kappa shape index (κ1) is 34.1. The predicted octanol–water partition coefficient (Wildman–Crippen LogP) is 5.03. The van der Waals surface area contributed by atoms with Gasteiger partial charge in [-0.25, -0.2) is 14.5 Å². The van der Waals surface area contributed by atoms with Crippen LogP contribution in [0.25, 0.3) is 16.9 Å². The van der Waals surface area contributed by atoms with E-state index in [2.05, 4.69) is 20.6 Å². The van der Waals surface area contributed by atoms with Crippen LogP contribution < -0.4 is 15.8 Å². The highest BCUT2D eigenvalue weighted by Gasteiger charge is 2.41. The molecule has 1 N–H and O–H groups in total. The van der Waals surface area contributed by atoms with Gasteiger partial charge in [-0.3, -0.25) is 28.8 Å². The number of carbonyl (C=O) groups is 3. The third-order valence-corrected chi connectivity index (χ3v) is 8.77. The van der Waals surface area contributed by atoms with Gasteiger partial charge >= 0.3 is 6.09 Å². The lowest BCUT2D eigenvalue weighted by atomic mass is 9.98. The molecule has 13 nitrogen and oxygen atoms in total. The number of benzene rings is 2. The van der Waals surface area contributed by atoms with Crippen LogP contribution in [0.4, 0.5) is 10.5 Å². The van der Waals surface area contributed by atoms with Gasteiger partial charge in [-0.1, -0.05) is 53.4 Å². The summed E-state index contributed by atoms with van der Waals surface area (Å²) in [7, 11) is 0. The second kappa shape index (κ2) is 14.0. The largest absolute Gasteiger partial charge is 0.444 e. The molecule has 6 rings (SSSR count). The van der Waals surface area contributed by atoms with E-state index in [0.717, 1.165) is 18.4 Å². The Labute approximate surface area is 292 Å². The smallest absolute Gasteiger partial charge is 0.410 e. The van der Waals surface area contributed by atoms with Crippen LogP contribution in [0.3, 0.4) is 0 Å². The molecule has 2 aromatic heterocycles. The van der Waals surface area contributed by atoms with Gasteiger partial charge in [0.05, 0.1) is 36.5 Å². The van der Waals surface area contributed by atoms with Crippen LogP contribution in [0.1, 0.15) is 58.1 Å². The summed E-state index contributed by atoms with van der Waals surface area (Å²) in [6.45, 7) is 5.36. The van der Waals surface area contributed by atoms with Gasteiger partial charge in [-0.15, -0.1) is 5.10 Å². The van der Waals surface area contributed by atoms with E-state index in [-0.39, 0.29) is 29.7 Å². The summed E-state index contributed by atoms with van der Waals surface area (Å²) >= 11 is 12.4. The van der Waals surface area contributed by atoms with Crippen LogP contribution in [-0.2, 0) is 14.3 Å². The molecule has 256 valence electrons. The number of nitrogens with one attached hydrogen (secondary N) is 1. The van der Waals surface area contributed by atoms with Crippen LogP contribution in [-0.4, -0.2) is 78.6 Å². The molecular weight excluding hydrogens is 671 g/mol. The Hall–Kier alpha value is -4.75. The number of aromatic nitrogens is 5. The average molecular weight is 708 g/mol. The maximum absolute atomic E-state index is 13.9. The Morgan fingerprint density at radius 1 is 1.00 bits per heavy atom. The molecule has 0 spiro atoms. The number of hydrogen-bond donors (Lipinski definition) is 1. The number of piperazine rings is 1. The van der Waals surface area contributed by atoms with Gasteiger partial charge in [0.15, 0.2) is 5.15 Å². The highest BCUT2D eigenvalue weighted by molar-refractivity contribution is 6.31. The van der Waals surface area contributed by atoms with E-state index < -0.39 is 29.7 Å². The fourth-order valence-electron chi connectivity index (χ4n) is 6.14. The number of ether oxygens (including phenoxy) is 1. The lowest BCUT2D eigenvalue weighted by molar-refractivity contribution is -0.130. The van der Waals surface area contributed by atoms with E-state index >= 15 is 0 Å².